The lowest BCUT2D eigenvalue weighted by atomic mass is 10.3. The molecule has 10 heteroatoms. The van der Waals surface area contributed by atoms with Gasteiger partial charge in [0.05, 0.1) is 0 Å². The Labute approximate surface area is 159 Å². The number of para-hydroxylation sites is 1. The molecule has 0 N–H and O–H groups in total. The van der Waals surface area contributed by atoms with Crippen LogP contribution in [0.1, 0.15) is 5.69 Å². The van der Waals surface area contributed by atoms with Crippen molar-refractivity contribution in [1.82, 2.24) is 24.7 Å². The number of nitrogens with zero attached hydrogens (tertiary/aromatic N) is 5. The maximum absolute atomic E-state index is 12.8. The molecule has 0 aliphatic carbocycles. The zero-order valence-electron chi connectivity index (χ0n) is 13.5. The van der Waals surface area contributed by atoms with Crippen molar-refractivity contribution in [3.8, 4) is 17.2 Å². The minimum Gasteiger partial charge on any atom is -0.268 e. The van der Waals surface area contributed by atoms with Crippen LogP contribution in [0.2, 0.25) is 0 Å². The van der Waals surface area contributed by atoms with Crippen LogP contribution in [0.25, 0.3) is 17.2 Å². The summed E-state index contributed by atoms with van der Waals surface area (Å²) in [4.78, 5) is 7.95. The summed E-state index contributed by atoms with van der Waals surface area (Å²) in [5.41, 5.74) is 0.472. The molecule has 0 saturated heterocycles. The molecule has 0 aliphatic rings. The van der Waals surface area contributed by atoms with Crippen molar-refractivity contribution >= 4 is 23.1 Å². The van der Waals surface area contributed by atoms with E-state index < -0.39 is 11.9 Å². The molecule has 0 aliphatic heterocycles. The van der Waals surface area contributed by atoms with Gasteiger partial charge in [-0.15, -0.1) is 21.5 Å². The Kier molecular flexibility index (Phi) is 4.66. The third-order valence-corrected chi connectivity index (χ3v) is 5.38. The molecule has 136 valence electrons. The van der Waals surface area contributed by atoms with Crippen molar-refractivity contribution in [2.24, 2.45) is 0 Å². The first kappa shape index (κ1) is 17.7. The Hall–Kier alpha value is -2.72. The van der Waals surface area contributed by atoms with E-state index in [1.807, 2.05) is 36.4 Å². The second-order valence-corrected chi connectivity index (χ2v) is 7.36. The number of hydrogen-bond acceptors (Lipinski definition) is 6. The van der Waals surface area contributed by atoms with Crippen LogP contribution >= 0.6 is 23.1 Å². The van der Waals surface area contributed by atoms with Gasteiger partial charge in [-0.25, -0.2) is 4.98 Å². The molecule has 0 radical (unpaired) electrons. The molecular formula is C17H10F3N5S2. The average molecular weight is 405 g/mol. The Morgan fingerprint density at radius 2 is 1.74 bits per heavy atom. The first-order chi connectivity index (χ1) is 13.0. The molecule has 0 fully saturated rings. The number of thiazole rings is 1. The highest BCUT2D eigenvalue weighted by Crippen LogP contribution is 2.37. The van der Waals surface area contributed by atoms with Gasteiger partial charge in [0, 0.05) is 17.3 Å². The fourth-order valence-corrected chi connectivity index (χ4v) is 4.09. The summed E-state index contributed by atoms with van der Waals surface area (Å²) in [6, 6.07) is 14.7. The molecular weight excluding hydrogens is 395 g/mol. The van der Waals surface area contributed by atoms with E-state index in [1.165, 1.54) is 0 Å². The summed E-state index contributed by atoms with van der Waals surface area (Å²) < 4.78 is 40.4. The van der Waals surface area contributed by atoms with Gasteiger partial charge in [-0.3, -0.25) is 9.55 Å². The predicted molar refractivity (Wildman–Crippen MR) is 95.8 cm³/mol. The molecule has 27 heavy (non-hydrogen) atoms. The summed E-state index contributed by atoms with van der Waals surface area (Å²) >= 11 is 1.95. The molecule has 0 spiro atoms. The molecule has 0 amide bonds. The van der Waals surface area contributed by atoms with E-state index in [0.29, 0.717) is 16.7 Å². The predicted octanol–water partition coefficient (Wildman–Crippen LogP) is 4.96. The lowest BCUT2D eigenvalue weighted by Crippen LogP contribution is -2.04. The van der Waals surface area contributed by atoms with E-state index in [9.17, 15) is 13.2 Å². The minimum atomic E-state index is -4.47. The molecule has 0 unspecified atom stereocenters. The number of hydrogen-bond donors (Lipinski definition) is 0. The van der Waals surface area contributed by atoms with Crippen LogP contribution in [0, 0.1) is 0 Å². The molecule has 4 rings (SSSR count). The third-order valence-electron chi connectivity index (χ3n) is 3.49. The molecule has 0 atom stereocenters. The highest BCUT2D eigenvalue weighted by molar-refractivity contribution is 8.00. The van der Waals surface area contributed by atoms with Crippen LogP contribution in [0.3, 0.4) is 0 Å². The Bertz CT molecular complexity index is 1050. The number of halogens is 3. The van der Waals surface area contributed by atoms with Crippen LogP contribution in [0.15, 0.2) is 69.6 Å². The third kappa shape index (κ3) is 3.71. The van der Waals surface area contributed by atoms with Gasteiger partial charge in [0.2, 0.25) is 5.16 Å². The Balaban J connectivity index is 1.77. The number of pyridine rings is 1. The quantitative estimate of drug-likeness (QED) is 0.481. The van der Waals surface area contributed by atoms with Gasteiger partial charge in [0.1, 0.15) is 5.69 Å². The maximum Gasteiger partial charge on any atom is 0.434 e. The Morgan fingerprint density at radius 3 is 2.41 bits per heavy atom. The molecule has 0 saturated carbocycles. The van der Waals surface area contributed by atoms with E-state index in [-0.39, 0.29) is 4.34 Å². The van der Waals surface area contributed by atoms with E-state index in [0.717, 1.165) is 34.2 Å². The largest absolute Gasteiger partial charge is 0.434 e. The second kappa shape index (κ2) is 7.12. The highest BCUT2D eigenvalue weighted by atomic mass is 32.2. The highest BCUT2D eigenvalue weighted by Gasteiger charge is 2.34. The van der Waals surface area contributed by atoms with Gasteiger partial charge in [-0.2, -0.15) is 13.2 Å². The van der Waals surface area contributed by atoms with E-state index in [4.69, 9.17) is 0 Å². The zero-order chi connectivity index (χ0) is 18.9. The zero-order valence-corrected chi connectivity index (χ0v) is 15.1. The average Bonchev–Trinajstić information content (AvgIpc) is 3.31. The Morgan fingerprint density at radius 1 is 0.963 bits per heavy atom. The first-order valence-corrected chi connectivity index (χ1v) is 9.35. The van der Waals surface area contributed by atoms with Crippen molar-refractivity contribution in [2.75, 3.05) is 0 Å². The minimum absolute atomic E-state index is 0.236. The number of rotatable bonds is 4. The smallest absolute Gasteiger partial charge is 0.268 e. The fraction of sp³-hybridized carbons (Fsp3) is 0.0588. The summed E-state index contributed by atoms with van der Waals surface area (Å²) in [5.74, 6) is 0.497. The van der Waals surface area contributed by atoms with Gasteiger partial charge in [-0.1, -0.05) is 24.3 Å². The van der Waals surface area contributed by atoms with Crippen molar-refractivity contribution in [1.29, 1.82) is 0 Å². The molecule has 3 aromatic heterocycles. The monoisotopic (exact) mass is 405 g/mol. The lowest BCUT2D eigenvalue weighted by Gasteiger charge is -2.09. The fourth-order valence-electron chi connectivity index (χ4n) is 2.32. The van der Waals surface area contributed by atoms with Crippen LogP contribution < -0.4 is 0 Å². The van der Waals surface area contributed by atoms with Gasteiger partial charge < -0.3 is 0 Å². The standard InChI is InChI=1S/C17H10F3N5S2/c18-17(19,20)13-10-26-16(22-13)27-15-24-23-14(12-8-4-5-9-21-12)25(15)11-6-2-1-3-7-11/h1-10H. The molecule has 4 aromatic rings. The molecule has 1 aromatic carbocycles. The van der Waals surface area contributed by atoms with Crippen molar-refractivity contribution in [3.63, 3.8) is 0 Å². The number of aromatic nitrogens is 5. The summed E-state index contributed by atoms with van der Waals surface area (Å²) in [6.45, 7) is 0. The lowest BCUT2D eigenvalue weighted by molar-refractivity contribution is -0.141. The van der Waals surface area contributed by atoms with Crippen LogP contribution in [-0.2, 0) is 6.18 Å². The van der Waals surface area contributed by atoms with Crippen LogP contribution in [0.4, 0.5) is 13.2 Å². The number of benzene rings is 1. The van der Waals surface area contributed by atoms with E-state index in [1.54, 1.807) is 22.9 Å². The van der Waals surface area contributed by atoms with Gasteiger partial charge in [0.25, 0.3) is 0 Å². The van der Waals surface area contributed by atoms with Crippen molar-refractivity contribution < 1.29 is 13.2 Å². The SMILES string of the molecule is FC(F)(F)c1csc(Sc2nnc(-c3ccccn3)n2-c2ccccc2)n1. The topological polar surface area (TPSA) is 56.5 Å². The van der Waals surface area contributed by atoms with E-state index >= 15 is 0 Å². The normalized spacial score (nSPS) is 11.7. The first-order valence-electron chi connectivity index (χ1n) is 7.65. The summed E-state index contributed by atoms with van der Waals surface area (Å²) in [7, 11) is 0. The van der Waals surface area contributed by atoms with Gasteiger partial charge in [-0.05, 0) is 36.0 Å². The maximum atomic E-state index is 12.8. The molecule has 5 nitrogen and oxygen atoms in total. The van der Waals surface area contributed by atoms with Crippen LogP contribution in [-0.4, -0.2) is 24.7 Å². The number of alkyl halides is 3. The molecule has 0 bridgehead atoms. The van der Waals surface area contributed by atoms with E-state index in [2.05, 4.69) is 20.2 Å². The van der Waals surface area contributed by atoms with Gasteiger partial charge >= 0.3 is 6.18 Å². The summed E-state index contributed by atoms with van der Waals surface area (Å²) in [5, 5.41) is 9.75. The second-order valence-electron chi connectivity index (χ2n) is 5.29. The molecule has 3 heterocycles. The van der Waals surface area contributed by atoms with Crippen molar-refractivity contribution in [2.45, 2.75) is 15.7 Å². The van der Waals surface area contributed by atoms with Crippen LogP contribution in [0.5, 0.6) is 0 Å². The summed E-state index contributed by atoms with van der Waals surface area (Å²) in [6.07, 6.45) is -2.83. The van der Waals surface area contributed by atoms with Gasteiger partial charge in [0.15, 0.2) is 15.9 Å². The van der Waals surface area contributed by atoms with Crippen molar-refractivity contribution in [3.05, 3.63) is 65.8 Å².